The Balaban J connectivity index is 3.84. The molecule has 0 spiro atoms. The molecule has 0 aromatic heterocycles. The van der Waals surface area contributed by atoms with Crippen molar-refractivity contribution in [1.82, 2.24) is 5.32 Å². The molecule has 2 nitrogen and oxygen atoms in total. The van der Waals surface area contributed by atoms with E-state index in [-0.39, 0.29) is 11.8 Å². The van der Waals surface area contributed by atoms with Crippen molar-refractivity contribution in [3.63, 3.8) is 0 Å². The molecule has 0 aromatic carbocycles. The summed E-state index contributed by atoms with van der Waals surface area (Å²) >= 11 is 0. The molecule has 1 unspecified atom stereocenters. The number of amides is 1. The van der Waals surface area contributed by atoms with Gasteiger partial charge in [0.15, 0.2) is 0 Å². The summed E-state index contributed by atoms with van der Waals surface area (Å²) in [5.41, 5.74) is 0. The molecule has 0 radical (unpaired) electrons. The van der Waals surface area contributed by atoms with Gasteiger partial charge in [0.2, 0.25) is 5.91 Å². The van der Waals surface area contributed by atoms with Gasteiger partial charge in [0.1, 0.15) is 0 Å². The normalized spacial score (nSPS) is 13.5. The molecular formula is C12H23NO. The van der Waals surface area contributed by atoms with Crippen LogP contribution in [0.2, 0.25) is 0 Å². The van der Waals surface area contributed by atoms with Crippen LogP contribution in [0.5, 0.6) is 0 Å². The number of allylic oxidation sites excluding steroid dienone is 2. The molecule has 0 aliphatic carbocycles. The standard InChI is InChI=1S/C12H23NO/c1-5-7-8-9-11(6-2)13-12(14)10(3)4/h5,7,10-11H,6,8-9H2,1-4H3,(H,13,14)/b7-5-. The van der Waals surface area contributed by atoms with Gasteiger partial charge in [0.05, 0.1) is 0 Å². The lowest BCUT2D eigenvalue weighted by atomic mass is 10.1. The first-order chi connectivity index (χ1) is 6.61. The highest BCUT2D eigenvalue weighted by Gasteiger charge is 2.11. The van der Waals surface area contributed by atoms with E-state index >= 15 is 0 Å². The molecule has 0 aliphatic rings. The number of rotatable bonds is 6. The van der Waals surface area contributed by atoms with Crippen LogP contribution in [0.3, 0.4) is 0 Å². The molecule has 0 saturated carbocycles. The molecule has 0 aliphatic heterocycles. The maximum absolute atomic E-state index is 11.4. The summed E-state index contributed by atoms with van der Waals surface area (Å²) in [7, 11) is 0. The van der Waals surface area contributed by atoms with Crippen LogP contribution in [0.25, 0.3) is 0 Å². The molecule has 0 heterocycles. The lowest BCUT2D eigenvalue weighted by Gasteiger charge is -2.17. The molecule has 1 atom stereocenters. The van der Waals surface area contributed by atoms with Gasteiger partial charge < -0.3 is 5.32 Å². The Labute approximate surface area is 87.8 Å². The zero-order chi connectivity index (χ0) is 11.0. The Morgan fingerprint density at radius 1 is 1.43 bits per heavy atom. The third-order valence-corrected chi connectivity index (χ3v) is 2.28. The Morgan fingerprint density at radius 2 is 2.07 bits per heavy atom. The van der Waals surface area contributed by atoms with Crippen molar-refractivity contribution >= 4 is 5.91 Å². The monoisotopic (exact) mass is 197 g/mol. The minimum absolute atomic E-state index is 0.0887. The SMILES string of the molecule is C/C=C\CCC(CC)NC(=O)C(C)C. The fourth-order valence-corrected chi connectivity index (χ4v) is 1.21. The number of hydrogen-bond acceptors (Lipinski definition) is 1. The van der Waals surface area contributed by atoms with E-state index in [1.165, 1.54) is 0 Å². The summed E-state index contributed by atoms with van der Waals surface area (Å²) < 4.78 is 0. The molecule has 0 rings (SSSR count). The van der Waals surface area contributed by atoms with E-state index in [9.17, 15) is 4.79 Å². The van der Waals surface area contributed by atoms with Crippen molar-refractivity contribution in [3.8, 4) is 0 Å². The topological polar surface area (TPSA) is 29.1 Å². The van der Waals surface area contributed by atoms with Gasteiger partial charge in [-0.2, -0.15) is 0 Å². The molecule has 0 fully saturated rings. The summed E-state index contributed by atoms with van der Waals surface area (Å²) in [4.78, 5) is 11.4. The van der Waals surface area contributed by atoms with Crippen LogP contribution in [0.1, 0.15) is 47.0 Å². The summed E-state index contributed by atoms with van der Waals surface area (Å²) in [5, 5.41) is 3.05. The number of hydrogen-bond donors (Lipinski definition) is 1. The van der Waals surface area contributed by atoms with Crippen molar-refractivity contribution in [3.05, 3.63) is 12.2 Å². The van der Waals surface area contributed by atoms with Gasteiger partial charge in [0, 0.05) is 12.0 Å². The molecule has 82 valence electrons. The van der Waals surface area contributed by atoms with Crippen molar-refractivity contribution in [2.24, 2.45) is 5.92 Å². The highest BCUT2D eigenvalue weighted by molar-refractivity contribution is 5.78. The second-order valence-corrected chi connectivity index (χ2v) is 3.91. The smallest absolute Gasteiger partial charge is 0.222 e. The maximum Gasteiger partial charge on any atom is 0.222 e. The van der Waals surface area contributed by atoms with Gasteiger partial charge in [-0.15, -0.1) is 0 Å². The van der Waals surface area contributed by atoms with Crippen LogP contribution in [0.15, 0.2) is 12.2 Å². The summed E-state index contributed by atoms with van der Waals surface area (Å²) in [5.74, 6) is 0.253. The molecule has 1 amide bonds. The van der Waals surface area contributed by atoms with E-state index < -0.39 is 0 Å². The second-order valence-electron chi connectivity index (χ2n) is 3.91. The molecule has 2 heteroatoms. The Morgan fingerprint density at radius 3 is 2.50 bits per heavy atom. The quantitative estimate of drug-likeness (QED) is 0.652. The average molecular weight is 197 g/mol. The van der Waals surface area contributed by atoms with Gasteiger partial charge >= 0.3 is 0 Å². The van der Waals surface area contributed by atoms with Crippen LogP contribution in [0.4, 0.5) is 0 Å². The maximum atomic E-state index is 11.4. The molecule has 14 heavy (non-hydrogen) atoms. The van der Waals surface area contributed by atoms with Crippen molar-refractivity contribution in [1.29, 1.82) is 0 Å². The first kappa shape index (κ1) is 13.2. The van der Waals surface area contributed by atoms with Crippen molar-refractivity contribution in [2.75, 3.05) is 0 Å². The lowest BCUT2D eigenvalue weighted by Crippen LogP contribution is -2.36. The highest BCUT2D eigenvalue weighted by Crippen LogP contribution is 2.04. The number of carbonyl (C=O) groups is 1. The van der Waals surface area contributed by atoms with Crippen LogP contribution in [-0.4, -0.2) is 11.9 Å². The molecular weight excluding hydrogens is 174 g/mol. The van der Waals surface area contributed by atoms with Gasteiger partial charge in [-0.3, -0.25) is 4.79 Å². The van der Waals surface area contributed by atoms with Crippen LogP contribution in [-0.2, 0) is 4.79 Å². The first-order valence-electron chi connectivity index (χ1n) is 5.53. The Kier molecular flexibility index (Phi) is 7.17. The van der Waals surface area contributed by atoms with Gasteiger partial charge in [-0.05, 0) is 26.2 Å². The van der Waals surface area contributed by atoms with E-state index in [2.05, 4.69) is 24.4 Å². The molecule has 0 aromatic rings. The van der Waals surface area contributed by atoms with E-state index in [4.69, 9.17) is 0 Å². The third-order valence-electron chi connectivity index (χ3n) is 2.28. The Bertz CT molecular complexity index is 185. The molecule has 0 saturated heterocycles. The first-order valence-corrected chi connectivity index (χ1v) is 5.53. The summed E-state index contributed by atoms with van der Waals surface area (Å²) in [6.45, 7) is 7.98. The van der Waals surface area contributed by atoms with E-state index in [0.29, 0.717) is 6.04 Å². The largest absolute Gasteiger partial charge is 0.353 e. The average Bonchev–Trinajstić information content (AvgIpc) is 2.16. The fraction of sp³-hybridized carbons (Fsp3) is 0.750. The van der Waals surface area contributed by atoms with Crippen LogP contribution >= 0.6 is 0 Å². The lowest BCUT2D eigenvalue weighted by molar-refractivity contribution is -0.124. The number of carbonyl (C=O) groups excluding carboxylic acids is 1. The van der Waals surface area contributed by atoms with Crippen LogP contribution < -0.4 is 5.32 Å². The van der Waals surface area contributed by atoms with Gasteiger partial charge in [0.25, 0.3) is 0 Å². The predicted octanol–water partition coefficient (Wildman–Crippen LogP) is 2.89. The van der Waals surface area contributed by atoms with Gasteiger partial charge in [-0.25, -0.2) is 0 Å². The molecule has 0 bridgehead atoms. The minimum Gasteiger partial charge on any atom is -0.353 e. The second kappa shape index (κ2) is 7.60. The van der Waals surface area contributed by atoms with E-state index in [1.54, 1.807) is 0 Å². The van der Waals surface area contributed by atoms with E-state index in [1.807, 2.05) is 20.8 Å². The van der Waals surface area contributed by atoms with E-state index in [0.717, 1.165) is 19.3 Å². The Hall–Kier alpha value is -0.790. The van der Waals surface area contributed by atoms with Crippen molar-refractivity contribution in [2.45, 2.75) is 53.0 Å². The summed E-state index contributed by atoms with van der Waals surface area (Å²) in [6, 6.07) is 0.334. The number of nitrogens with one attached hydrogen (secondary N) is 1. The third kappa shape index (κ3) is 5.79. The van der Waals surface area contributed by atoms with Crippen molar-refractivity contribution < 1.29 is 4.79 Å². The zero-order valence-corrected chi connectivity index (χ0v) is 9.84. The molecule has 1 N–H and O–H groups in total. The predicted molar refractivity (Wildman–Crippen MR) is 61.1 cm³/mol. The summed E-state index contributed by atoms with van der Waals surface area (Å²) in [6.07, 6.45) is 7.30. The van der Waals surface area contributed by atoms with Crippen LogP contribution in [0, 0.1) is 5.92 Å². The highest BCUT2D eigenvalue weighted by atomic mass is 16.1. The fourth-order valence-electron chi connectivity index (χ4n) is 1.21. The van der Waals surface area contributed by atoms with Gasteiger partial charge in [-0.1, -0.05) is 32.9 Å². The minimum atomic E-state index is 0.0887. The zero-order valence-electron chi connectivity index (χ0n) is 9.84.